The van der Waals surface area contributed by atoms with Crippen molar-refractivity contribution in [2.24, 2.45) is 0 Å². The number of nitrogens with zero attached hydrogens (tertiary/aromatic N) is 1. The lowest BCUT2D eigenvalue weighted by Crippen LogP contribution is -2.25. The SMILES string of the molecule is O=C(Nc1ccc2oc(=O)ccc2c1)c1ccc(N2CCCS2(=O)=O)cc1. The Hall–Kier alpha value is -3.13. The average molecular weight is 384 g/mol. The van der Waals surface area contributed by atoms with Crippen molar-refractivity contribution in [1.82, 2.24) is 0 Å². The molecular formula is C19H16N2O5S. The van der Waals surface area contributed by atoms with Crippen molar-refractivity contribution in [1.29, 1.82) is 0 Å². The maximum atomic E-state index is 12.4. The van der Waals surface area contributed by atoms with E-state index in [0.717, 1.165) is 0 Å². The minimum atomic E-state index is -3.24. The molecule has 1 N–H and O–H groups in total. The Morgan fingerprint density at radius 3 is 2.52 bits per heavy atom. The van der Waals surface area contributed by atoms with Crippen LogP contribution >= 0.6 is 0 Å². The van der Waals surface area contributed by atoms with Gasteiger partial charge in [-0.05, 0) is 55.0 Å². The van der Waals surface area contributed by atoms with E-state index in [2.05, 4.69) is 5.32 Å². The molecule has 0 bridgehead atoms. The van der Waals surface area contributed by atoms with Gasteiger partial charge in [0.25, 0.3) is 5.91 Å². The Labute approximate surface area is 155 Å². The summed E-state index contributed by atoms with van der Waals surface area (Å²) in [5, 5.41) is 3.48. The standard InChI is InChI=1S/C19H16N2O5S/c22-18-9-4-14-12-15(5-8-17(14)26-18)20-19(23)13-2-6-16(7-3-13)21-10-1-11-27(21,24)25/h2-9,12H,1,10-11H2,(H,20,23). The number of rotatable bonds is 3. The van der Waals surface area contributed by atoms with Crippen molar-refractivity contribution < 1.29 is 17.6 Å². The smallest absolute Gasteiger partial charge is 0.336 e. The van der Waals surface area contributed by atoms with Crippen LogP contribution in [0.2, 0.25) is 0 Å². The van der Waals surface area contributed by atoms with Gasteiger partial charge in [-0.3, -0.25) is 9.10 Å². The van der Waals surface area contributed by atoms with Crippen LogP contribution in [0.3, 0.4) is 0 Å². The van der Waals surface area contributed by atoms with E-state index in [9.17, 15) is 18.0 Å². The molecule has 0 aliphatic carbocycles. The van der Waals surface area contributed by atoms with E-state index < -0.39 is 15.6 Å². The van der Waals surface area contributed by atoms with Crippen LogP contribution in [0.4, 0.5) is 11.4 Å². The molecule has 0 atom stereocenters. The number of fused-ring (bicyclic) bond motifs is 1. The molecular weight excluding hydrogens is 368 g/mol. The molecule has 1 aliphatic heterocycles. The molecule has 1 amide bonds. The van der Waals surface area contributed by atoms with Crippen molar-refractivity contribution in [3.05, 3.63) is 70.6 Å². The highest BCUT2D eigenvalue weighted by atomic mass is 32.2. The Morgan fingerprint density at radius 1 is 1.04 bits per heavy atom. The number of benzene rings is 2. The van der Waals surface area contributed by atoms with Gasteiger partial charge in [-0.15, -0.1) is 0 Å². The second-order valence-corrected chi connectivity index (χ2v) is 8.26. The third-order valence-electron chi connectivity index (χ3n) is 4.39. The van der Waals surface area contributed by atoms with E-state index >= 15 is 0 Å². The third kappa shape index (κ3) is 3.43. The summed E-state index contributed by atoms with van der Waals surface area (Å²) >= 11 is 0. The highest BCUT2D eigenvalue weighted by molar-refractivity contribution is 7.93. The maximum absolute atomic E-state index is 12.4. The minimum absolute atomic E-state index is 0.150. The van der Waals surface area contributed by atoms with Crippen molar-refractivity contribution in [3.8, 4) is 0 Å². The van der Waals surface area contributed by atoms with Crippen LogP contribution in [0, 0.1) is 0 Å². The number of sulfonamides is 1. The molecule has 2 aromatic carbocycles. The first-order chi connectivity index (χ1) is 12.9. The van der Waals surface area contributed by atoms with Gasteiger partial charge in [0.2, 0.25) is 10.0 Å². The van der Waals surface area contributed by atoms with Crippen LogP contribution in [-0.4, -0.2) is 26.6 Å². The topological polar surface area (TPSA) is 96.7 Å². The zero-order valence-electron chi connectivity index (χ0n) is 14.2. The maximum Gasteiger partial charge on any atom is 0.336 e. The van der Waals surface area contributed by atoms with Gasteiger partial charge in [0, 0.05) is 29.2 Å². The summed E-state index contributed by atoms with van der Waals surface area (Å²) in [5.74, 6) is -0.167. The van der Waals surface area contributed by atoms with Crippen LogP contribution in [0.1, 0.15) is 16.8 Å². The molecule has 4 rings (SSSR count). The fourth-order valence-electron chi connectivity index (χ4n) is 3.06. The summed E-state index contributed by atoms with van der Waals surface area (Å²) < 4.78 is 30.4. The van der Waals surface area contributed by atoms with E-state index in [1.807, 2.05) is 0 Å². The Balaban J connectivity index is 1.53. The average Bonchev–Trinajstić information content (AvgIpc) is 3.01. The van der Waals surface area contributed by atoms with Crippen molar-refractivity contribution in [2.75, 3.05) is 21.9 Å². The first-order valence-corrected chi connectivity index (χ1v) is 9.99. The predicted molar refractivity (Wildman–Crippen MR) is 103 cm³/mol. The summed E-state index contributed by atoms with van der Waals surface area (Å²) in [4.78, 5) is 23.7. The first-order valence-electron chi connectivity index (χ1n) is 8.38. The number of anilines is 2. The molecule has 2 heterocycles. The van der Waals surface area contributed by atoms with E-state index in [4.69, 9.17) is 4.42 Å². The van der Waals surface area contributed by atoms with Gasteiger partial charge in [-0.2, -0.15) is 0 Å². The zero-order chi connectivity index (χ0) is 19.0. The second-order valence-electron chi connectivity index (χ2n) is 6.25. The molecule has 0 saturated carbocycles. The fourth-order valence-corrected chi connectivity index (χ4v) is 4.63. The van der Waals surface area contributed by atoms with E-state index in [0.29, 0.717) is 40.9 Å². The summed E-state index contributed by atoms with van der Waals surface area (Å²) in [6.45, 7) is 0.459. The van der Waals surface area contributed by atoms with Crippen molar-refractivity contribution in [2.45, 2.75) is 6.42 Å². The monoisotopic (exact) mass is 384 g/mol. The zero-order valence-corrected chi connectivity index (χ0v) is 15.0. The first kappa shape index (κ1) is 17.3. The molecule has 7 nitrogen and oxygen atoms in total. The van der Waals surface area contributed by atoms with Crippen LogP contribution in [0.15, 0.2) is 63.8 Å². The largest absolute Gasteiger partial charge is 0.423 e. The van der Waals surface area contributed by atoms with E-state index in [-0.39, 0.29) is 11.7 Å². The number of hydrogen-bond acceptors (Lipinski definition) is 5. The normalized spacial score (nSPS) is 15.8. The molecule has 8 heteroatoms. The van der Waals surface area contributed by atoms with Crippen molar-refractivity contribution in [3.63, 3.8) is 0 Å². The van der Waals surface area contributed by atoms with Crippen LogP contribution in [-0.2, 0) is 10.0 Å². The lowest BCUT2D eigenvalue weighted by molar-refractivity contribution is 0.102. The lowest BCUT2D eigenvalue weighted by atomic mass is 10.1. The molecule has 3 aromatic rings. The third-order valence-corrected chi connectivity index (χ3v) is 6.26. The van der Waals surface area contributed by atoms with E-state index in [1.165, 1.54) is 10.4 Å². The van der Waals surface area contributed by atoms with Gasteiger partial charge < -0.3 is 9.73 Å². The fraction of sp³-hybridized carbons (Fsp3) is 0.158. The summed E-state index contributed by atoms with van der Waals surface area (Å²) in [6, 6.07) is 14.4. The lowest BCUT2D eigenvalue weighted by Gasteiger charge is -2.17. The Bertz CT molecular complexity index is 1180. The number of nitrogens with one attached hydrogen (secondary N) is 1. The number of carbonyl (C=O) groups is 1. The molecule has 138 valence electrons. The van der Waals surface area contributed by atoms with Gasteiger partial charge in [0.1, 0.15) is 5.58 Å². The molecule has 0 spiro atoms. The van der Waals surface area contributed by atoms with Gasteiger partial charge in [0.15, 0.2) is 0 Å². The number of carbonyl (C=O) groups excluding carboxylic acids is 1. The number of amides is 1. The van der Waals surface area contributed by atoms with E-state index in [1.54, 1.807) is 48.5 Å². The summed E-state index contributed by atoms with van der Waals surface area (Å²) in [7, 11) is -3.24. The molecule has 0 radical (unpaired) electrons. The Kier molecular flexibility index (Phi) is 4.19. The highest BCUT2D eigenvalue weighted by Gasteiger charge is 2.28. The Morgan fingerprint density at radius 2 is 1.81 bits per heavy atom. The molecule has 1 saturated heterocycles. The summed E-state index contributed by atoms with van der Waals surface area (Å²) in [6.07, 6.45) is 0.604. The van der Waals surface area contributed by atoms with Crippen molar-refractivity contribution >= 4 is 38.3 Å². The number of hydrogen-bond donors (Lipinski definition) is 1. The molecule has 27 heavy (non-hydrogen) atoms. The van der Waals surface area contributed by atoms with Gasteiger partial charge in [-0.25, -0.2) is 13.2 Å². The minimum Gasteiger partial charge on any atom is -0.423 e. The molecule has 0 unspecified atom stereocenters. The van der Waals surface area contributed by atoms with Crippen LogP contribution in [0.25, 0.3) is 11.0 Å². The van der Waals surface area contributed by atoms with Gasteiger partial charge in [0.05, 0.1) is 11.4 Å². The molecule has 1 aliphatic rings. The van der Waals surface area contributed by atoms with Gasteiger partial charge >= 0.3 is 5.63 Å². The molecule has 1 fully saturated rings. The second kappa shape index (κ2) is 6.55. The highest BCUT2D eigenvalue weighted by Crippen LogP contribution is 2.24. The van der Waals surface area contributed by atoms with Crippen LogP contribution in [0.5, 0.6) is 0 Å². The van der Waals surface area contributed by atoms with Gasteiger partial charge in [-0.1, -0.05) is 0 Å². The summed E-state index contributed by atoms with van der Waals surface area (Å²) in [5.41, 5.74) is 1.54. The quantitative estimate of drug-likeness (QED) is 0.700. The van der Waals surface area contributed by atoms with Crippen LogP contribution < -0.4 is 15.2 Å². The molecule has 1 aromatic heterocycles. The predicted octanol–water partition coefficient (Wildman–Crippen LogP) is 2.59.